The molecule has 1 atom stereocenters. The predicted octanol–water partition coefficient (Wildman–Crippen LogP) is 2.71. The highest BCUT2D eigenvalue weighted by Crippen LogP contribution is 2.28. The Morgan fingerprint density at radius 3 is 3.17 bits per heavy atom. The third kappa shape index (κ3) is 1.69. The van der Waals surface area contributed by atoms with E-state index in [4.69, 9.17) is 0 Å². The average Bonchev–Trinajstić information content (AvgIpc) is 2.53. The van der Waals surface area contributed by atoms with E-state index in [1.165, 1.54) is 24.3 Å². The zero-order valence-electron chi connectivity index (χ0n) is 6.74. The summed E-state index contributed by atoms with van der Waals surface area (Å²) in [6, 6.07) is 0.653. The van der Waals surface area contributed by atoms with Crippen molar-refractivity contribution in [1.29, 1.82) is 0 Å². The van der Waals surface area contributed by atoms with Gasteiger partial charge in [-0.25, -0.2) is 4.98 Å². The van der Waals surface area contributed by atoms with E-state index in [-0.39, 0.29) is 0 Å². The van der Waals surface area contributed by atoms with Crippen molar-refractivity contribution in [2.24, 2.45) is 0 Å². The lowest BCUT2D eigenvalue weighted by atomic mass is 10.2. The molecule has 1 aliphatic rings. The molecule has 12 heavy (non-hydrogen) atoms. The van der Waals surface area contributed by atoms with Crippen molar-refractivity contribution in [2.45, 2.75) is 18.9 Å². The van der Waals surface area contributed by atoms with Crippen LogP contribution in [-0.4, -0.2) is 21.1 Å². The number of hydrogen-bond acceptors (Lipinski definition) is 2. The van der Waals surface area contributed by atoms with E-state index in [9.17, 15) is 0 Å². The average molecular weight is 247 g/mol. The van der Waals surface area contributed by atoms with Gasteiger partial charge in [0.05, 0.1) is 0 Å². The van der Waals surface area contributed by atoms with E-state index in [2.05, 4.69) is 31.7 Å². The molecule has 2 nitrogen and oxygen atoms in total. The molecule has 0 N–H and O–H groups in total. The second kappa shape index (κ2) is 3.83. The Kier molecular flexibility index (Phi) is 2.76. The number of imidazole rings is 1. The van der Waals surface area contributed by atoms with Gasteiger partial charge in [0, 0.05) is 24.2 Å². The number of halogens is 1. The van der Waals surface area contributed by atoms with Crippen molar-refractivity contribution < 1.29 is 0 Å². The minimum Gasteiger partial charge on any atom is -0.322 e. The molecule has 0 aliphatic carbocycles. The molecular formula is C8H11BrN2S. The standard InChI is InChI=1S/C8H11BrN2S/c9-8-10-3-4-11(8)7-2-1-5-12-6-7/h3-4,7H,1-2,5-6H2. The van der Waals surface area contributed by atoms with Crippen LogP contribution >= 0.6 is 27.7 Å². The van der Waals surface area contributed by atoms with Crippen LogP contribution in [0.1, 0.15) is 18.9 Å². The molecule has 2 heterocycles. The highest BCUT2D eigenvalue weighted by Gasteiger charge is 2.16. The normalized spacial score (nSPS) is 24.2. The molecule has 0 saturated carbocycles. The van der Waals surface area contributed by atoms with Gasteiger partial charge < -0.3 is 4.57 Å². The maximum absolute atomic E-state index is 4.16. The van der Waals surface area contributed by atoms with Gasteiger partial charge in [0.25, 0.3) is 0 Å². The van der Waals surface area contributed by atoms with Crippen molar-refractivity contribution in [3.63, 3.8) is 0 Å². The van der Waals surface area contributed by atoms with Gasteiger partial charge in [-0.15, -0.1) is 0 Å². The largest absolute Gasteiger partial charge is 0.322 e. The quantitative estimate of drug-likeness (QED) is 0.759. The summed E-state index contributed by atoms with van der Waals surface area (Å²) in [7, 11) is 0. The second-order valence-corrected chi connectivity index (χ2v) is 4.83. The number of rotatable bonds is 1. The number of aromatic nitrogens is 2. The molecule has 1 aliphatic heterocycles. The molecule has 4 heteroatoms. The summed E-state index contributed by atoms with van der Waals surface area (Å²) in [6.07, 6.45) is 6.53. The predicted molar refractivity (Wildman–Crippen MR) is 55.5 cm³/mol. The molecule has 0 spiro atoms. The Hall–Kier alpha value is 0.0400. The first-order valence-corrected chi connectivity index (χ1v) is 6.09. The Labute approximate surface area is 84.9 Å². The van der Waals surface area contributed by atoms with E-state index in [0.29, 0.717) is 6.04 Å². The molecule has 66 valence electrons. The van der Waals surface area contributed by atoms with Crippen LogP contribution in [0.3, 0.4) is 0 Å². The molecule has 0 radical (unpaired) electrons. The summed E-state index contributed by atoms with van der Waals surface area (Å²) < 4.78 is 3.20. The zero-order valence-corrected chi connectivity index (χ0v) is 9.14. The van der Waals surface area contributed by atoms with Crippen LogP contribution in [0.25, 0.3) is 0 Å². The Bertz CT molecular complexity index is 255. The van der Waals surface area contributed by atoms with E-state index >= 15 is 0 Å². The lowest BCUT2D eigenvalue weighted by Crippen LogP contribution is -2.15. The van der Waals surface area contributed by atoms with Gasteiger partial charge in [-0.1, -0.05) is 0 Å². The second-order valence-electron chi connectivity index (χ2n) is 2.97. The monoisotopic (exact) mass is 246 g/mol. The van der Waals surface area contributed by atoms with Gasteiger partial charge in [0.2, 0.25) is 0 Å². The molecular weight excluding hydrogens is 236 g/mol. The first-order chi connectivity index (χ1) is 5.88. The third-order valence-electron chi connectivity index (χ3n) is 2.15. The molecule has 1 unspecified atom stereocenters. The van der Waals surface area contributed by atoms with E-state index < -0.39 is 0 Å². The SMILES string of the molecule is Brc1nccn1C1CCCSC1. The zero-order chi connectivity index (χ0) is 8.39. The minimum atomic E-state index is 0.653. The van der Waals surface area contributed by atoms with Gasteiger partial charge >= 0.3 is 0 Å². The summed E-state index contributed by atoms with van der Waals surface area (Å²) in [6.45, 7) is 0. The van der Waals surface area contributed by atoms with Gasteiger partial charge in [0.15, 0.2) is 4.73 Å². The van der Waals surface area contributed by atoms with Gasteiger partial charge in [-0.3, -0.25) is 0 Å². The van der Waals surface area contributed by atoms with Crippen LogP contribution < -0.4 is 0 Å². The van der Waals surface area contributed by atoms with E-state index in [1.54, 1.807) is 0 Å². The number of nitrogens with zero attached hydrogens (tertiary/aromatic N) is 2. The van der Waals surface area contributed by atoms with Crippen molar-refractivity contribution in [3.05, 3.63) is 17.1 Å². The molecule has 1 aromatic rings. The smallest absolute Gasteiger partial charge is 0.177 e. The maximum Gasteiger partial charge on any atom is 0.177 e. The van der Waals surface area contributed by atoms with Gasteiger partial charge in [-0.2, -0.15) is 11.8 Å². The highest BCUT2D eigenvalue weighted by atomic mass is 79.9. The van der Waals surface area contributed by atoms with Crippen LogP contribution in [0, 0.1) is 0 Å². The molecule has 2 rings (SSSR count). The molecule has 1 fully saturated rings. The van der Waals surface area contributed by atoms with Crippen molar-refractivity contribution in [3.8, 4) is 0 Å². The molecule has 0 amide bonds. The van der Waals surface area contributed by atoms with Crippen LogP contribution in [-0.2, 0) is 0 Å². The first-order valence-electron chi connectivity index (χ1n) is 4.14. The van der Waals surface area contributed by atoms with E-state index in [0.717, 1.165) is 4.73 Å². The fourth-order valence-corrected chi connectivity index (χ4v) is 3.17. The lowest BCUT2D eigenvalue weighted by Gasteiger charge is -2.23. The fourth-order valence-electron chi connectivity index (χ4n) is 1.51. The Morgan fingerprint density at radius 2 is 2.58 bits per heavy atom. The molecule has 0 aromatic carbocycles. The van der Waals surface area contributed by atoms with E-state index in [1.807, 2.05) is 18.0 Å². The highest BCUT2D eigenvalue weighted by molar-refractivity contribution is 9.10. The topological polar surface area (TPSA) is 17.8 Å². The van der Waals surface area contributed by atoms with Crippen LogP contribution in [0.2, 0.25) is 0 Å². The van der Waals surface area contributed by atoms with Crippen LogP contribution in [0.4, 0.5) is 0 Å². The summed E-state index contributed by atoms with van der Waals surface area (Å²) in [5.41, 5.74) is 0. The first kappa shape index (κ1) is 8.63. The molecule has 1 saturated heterocycles. The molecule has 1 aromatic heterocycles. The summed E-state index contributed by atoms with van der Waals surface area (Å²) in [4.78, 5) is 4.16. The summed E-state index contributed by atoms with van der Waals surface area (Å²) >= 11 is 5.48. The van der Waals surface area contributed by atoms with Crippen LogP contribution in [0.5, 0.6) is 0 Å². The van der Waals surface area contributed by atoms with Crippen molar-refractivity contribution in [2.75, 3.05) is 11.5 Å². The molecule has 0 bridgehead atoms. The summed E-state index contributed by atoms with van der Waals surface area (Å²) in [5, 5.41) is 0. The number of thioether (sulfide) groups is 1. The third-order valence-corrected chi connectivity index (χ3v) is 3.96. The Balaban J connectivity index is 2.13. The Morgan fingerprint density at radius 1 is 1.67 bits per heavy atom. The van der Waals surface area contributed by atoms with Crippen molar-refractivity contribution in [1.82, 2.24) is 9.55 Å². The number of hydrogen-bond donors (Lipinski definition) is 0. The fraction of sp³-hybridized carbons (Fsp3) is 0.625. The van der Waals surface area contributed by atoms with Crippen LogP contribution in [0.15, 0.2) is 17.1 Å². The van der Waals surface area contributed by atoms with Crippen molar-refractivity contribution >= 4 is 27.7 Å². The van der Waals surface area contributed by atoms with Gasteiger partial charge in [0.1, 0.15) is 0 Å². The lowest BCUT2D eigenvalue weighted by molar-refractivity contribution is 0.491. The maximum atomic E-state index is 4.16. The summed E-state index contributed by atoms with van der Waals surface area (Å²) in [5.74, 6) is 2.55. The van der Waals surface area contributed by atoms with Gasteiger partial charge in [-0.05, 0) is 34.5 Å². The minimum absolute atomic E-state index is 0.653.